The second-order valence-corrected chi connectivity index (χ2v) is 3.44. The predicted octanol–water partition coefficient (Wildman–Crippen LogP) is 1.47. The molecule has 0 atom stereocenters. The van der Waals surface area contributed by atoms with Gasteiger partial charge in [0, 0.05) is 13.0 Å². The zero-order valence-corrected chi connectivity index (χ0v) is 9.12. The number of carboxylic acid groups (broad SMARTS) is 1. The first-order valence-electron chi connectivity index (χ1n) is 4.78. The molecular formula is C10H20O4. The molecule has 84 valence electrons. The number of carboxylic acids is 1. The summed E-state index contributed by atoms with van der Waals surface area (Å²) in [4.78, 5) is 20.3. The van der Waals surface area contributed by atoms with Gasteiger partial charge < -0.3 is 10.2 Å². The molecule has 0 saturated carbocycles. The fourth-order valence-electron chi connectivity index (χ4n) is 0.536. The molecule has 14 heavy (non-hydrogen) atoms. The van der Waals surface area contributed by atoms with Crippen molar-refractivity contribution in [2.75, 3.05) is 6.61 Å². The van der Waals surface area contributed by atoms with E-state index in [1.807, 2.05) is 20.8 Å². The molecular weight excluding hydrogens is 184 g/mol. The average molecular weight is 204 g/mol. The quantitative estimate of drug-likeness (QED) is 0.665. The number of hydrogen-bond donors (Lipinski definition) is 2. The Kier molecular flexibility index (Phi) is 11.3. The van der Waals surface area contributed by atoms with Crippen LogP contribution < -0.4 is 0 Å². The molecule has 0 aromatic carbocycles. The van der Waals surface area contributed by atoms with Crippen molar-refractivity contribution < 1.29 is 19.8 Å². The number of aliphatic carboxylic acids is 1. The molecule has 0 heterocycles. The van der Waals surface area contributed by atoms with Crippen molar-refractivity contribution in [1.29, 1.82) is 0 Å². The average Bonchev–Trinajstić information content (AvgIpc) is 2.04. The molecule has 0 aliphatic rings. The van der Waals surface area contributed by atoms with Gasteiger partial charge in [0.2, 0.25) is 0 Å². The van der Waals surface area contributed by atoms with Gasteiger partial charge in [-0.2, -0.15) is 0 Å². The standard InChI is InChI=1S/C6H10O3.C4H10O/c1-2-3-5(7)4-6(8)9;1-4(2)3-5/h2-4H2,1H3,(H,8,9);4-5H,3H2,1-2H3. The third-order valence-corrected chi connectivity index (χ3v) is 1.24. The number of aliphatic hydroxyl groups excluding tert-OH is 1. The van der Waals surface area contributed by atoms with E-state index in [1.165, 1.54) is 0 Å². The highest BCUT2D eigenvalue weighted by Gasteiger charge is 2.04. The number of carbonyl (C=O) groups is 2. The minimum absolute atomic E-state index is 0.190. The van der Waals surface area contributed by atoms with E-state index in [0.717, 1.165) is 6.42 Å². The van der Waals surface area contributed by atoms with Gasteiger partial charge in [0.25, 0.3) is 0 Å². The molecule has 0 fully saturated rings. The van der Waals surface area contributed by atoms with E-state index in [0.29, 0.717) is 18.9 Å². The number of ketones is 1. The maximum Gasteiger partial charge on any atom is 0.310 e. The van der Waals surface area contributed by atoms with Crippen LogP contribution in [-0.2, 0) is 9.59 Å². The van der Waals surface area contributed by atoms with Crippen molar-refractivity contribution >= 4 is 11.8 Å². The summed E-state index contributed by atoms with van der Waals surface area (Å²) in [5, 5.41) is 16.2. The van der Waals surface area contributed by atoms with E-state index >= 15 is 0 Å². The summed E-state index contributed by atoms with van der Waals surface area (Å²) in [7, 11) is 0. The highest BCUT2D eigenvalue weighted by atomic mass is 16.4. The minimum atomic E-state index is -1.03. The smallest absolute Gasteiger partial charge is 0.310 e. The lowest BCUT2D eigenvalue weighted by atomic mass is 10.2. The maximum atomic E-state index is 10.5. The van der Waals surface area contributed by atoms with Gasteiger partial charge in [0.1, 0.15) is 12.2 Å². The number of carbonyl (C=O) groups excluding carboxylic acids is 1. The number of aliphatic hydroxyl groups is 1. The van der Waals surface area contributed by atoms with E-state index in [2.05, 4.69) is 0 Å². The van der Waals surface area contributed by atoms with Crippen LogP contribution in [0.4, 0.5) is 0 Å². The Labute approximate surface area is 84.9 Å². The topological polar surface area (TPSA) is 74.6 Å². The Morgan fingerprint density at radius 2 is 1.71 bits per heavy atom. The maximum absolute atomic E-state index is 10.5. The van der Waals surface area contributed by atoms with Gasteiger partial charge in [0.05, 0.1) is 0 Å². The SMILES string of the molecule is CC(C)CO.CCCC(=O)CC(=O)O. The fourth-order valence-corrected chi connectivity index (χ4v) is 0.536. The lowest BCUT2D eigenvalue weighted by Crippen LogP contribution is -2.05. The molecule has 0 aliphatic heterocycles. The summed E-state index contributed by atoms with van der Waals surface area (Å²) in [5.41, 5.74) is 0. The largest absolute Gasteiger partial charge is 0.481 e. The molecule has 0 saturated heterocycles. The molecule has 0 amide bonds. The summed E-state index contributed by atoms with van der Waals surface area (Å²) in [6.07, 6.45) is 0.784. The lowest BCUT2D eigenvalue weighted by Gasteiger charge is -1.90. The van der Waals surface area contributed by atoms with Crippen LogP contribution >= 0.6 is 0 Å². The molecule has 0 radical (unpaired) electrons. The van der Waals surface area contributed by atoms with E-state index < -0.39 is 5.97 Å². The highest BCUT2D eigenvalue weighted by molar-refractivity contribution is 5.94. The van der Waals surface area contributed by atoms with Gasteiger partial charge in [0.15, 0.2) is 0 Å². The third-order valence-electron chi connectivity index (χ3n) is 1.24. The molecule has 0 spiro atoms. The number of Topliss-reactive ketones (excluding diaryl/α,β-unsaturated/α-hetero) is 1. The van der Waals surface area contributed by atoms with Gasteiger partial charge in [-0.25, -0.2) is 0 Å². The summed E-state index contributed by atoms with van der Waals surface area (Å²) in [6.45, 7) is 6.10. The lowest BCUT2D eigenvalue weighted by molar-refractivity contribution is -0.140. The first-order valence-corrected chi connectivity index (χ1v) is 4.78. The van der Waals surface area contributed by atoms with Crippen LogP contribution in [0.1, 0.15) is 40.0 Å². The molecule has 0 aromatic rings. The van der Waals surface area contributed by atoms with Crippen LogP contribution in [0.2, 0.25) is 0 Å². The molecule has 0 rings (SSSR count). The molecule has 2 N–H and O–H groups in total. The highest BCUT2D eigenvalue weighted by Crippen LogP contribution is 1.92. The molecule has 4 nitrogen and oxygen atoms in total. The van der Waals surface area contributed by atoms with Gasteiger partial charge >= 0.3 is 5.97 Å². The summed E-state index contributed by atoms with van der Waals surface area (Å²) in [5.74, 6) is -0.784. The van der Waals surface area contributed by atoms with E-state index in [-0.39, 0.29) is 12.2 Å². The van der Waals surface area contributed by atoms with Crippen molar-refractivity contribution in [3.8, 4) is 0 Å². The second kappa shape index (κ2) is 10.2. The summed E-state index contributed by atoms with van der Waals surface area (Å²) in [6, 6.07) is 0. The van der Waals surface area contributed by atoms with Crippen LogP contribution in [-0.4, -0.2) is 28.6 Å². The first-order chi connectivity index (χ1) is 6.43. The van der Waals surface area contributed by atoms with Crippen LogP contribution in [0.15, 0.2) is 0 Å². The second-order valence-electron chi connectivity index (χ2n) is 3.44. The van der Waals surface area contributed by atoms with E-state index in [9.17, 15) is 9.59 Å². The van der Waals surface area contributed by atoms with Crippen molar-refractivity contribution in [1.82, 2.24) is 0 Å². The van der Waals surface area contributed by atoms with Crippen LogP contribution in [0.3, 0.4) is 0 Å². The Hall–Kier alpha value is -0.900. The molecule has 0 unspecified atom stereocenters. The Bertz CT molecular complexity index is 164. The number of hydrogen-bond acceptors (Lipinski definition) is 3. The molecule has 0 aromatic heterocycles. The Morgan fingerprint density at radius 1 is 1.29 bits per heavy atom. The van der Waals surface area contributed by atoms with Crippen molar-refractivity contribution in [3.05, 3.63) is 0 Å². The van der Waals surface area contributed by atoms with Crippen molar-refractivity contribution in [2.24, 2.45) is 5.92 Å². The zero-order chi connectivity index (χ0) is 11.6. The van der Waals surface area contributed by atoms with Gasteiger partial charge in [-0.1, -0.05) is 20.8 Å². The monoisotopic (exact) mass is 204 g/mol. The summed E-state index contributed by atoms with van der Waals surface area (Å²) >= 11 is 0. The van der Waals surface area contributed by atoms with E-state index in [1.54, 1.807) is 0 Å². The fraction of sp³-hybridized carbons (Fsp3) is 0.800. The predicted molar refractivity (Wildman–Crippen MR) is 54.1 cm³/mol. The van der Waals surface area contributed by atoms with Crippen LogP contribution in [0, 0.1) is 5.92 Å². The molecule has 0 bridgehead atoms. The normalized spacial score (nSPS) is 9.21. The zero-order valence-electron chi connectivity index (χ0n) is 9.12. The Balaban J connectivity index is 0. The van der Waals surface area contributed by atoms with Crippen molar-refractivity contribution in [3.63, 3.8) is 0 Å². The molecule has 4 heteroatoms. The van der Waals surface area contributed by atoms with Gasteiger partial charge in [-0.15, -0.1) is 0 Å². The third kappa shape index (κ3) is 17.3. The first kappa shape index (κ1) is 15.6. The minimum Gasteiger partial charge on any atom is -0.481 e. The van der Waals surface area contributed by atoms with E-state index in [4.69, 9.17) is 10.2 Å². The van der Waals surface area contributed by atoms with Crippen molar-refractivity contribution in [2.45, 2.75) is 40.0 Å². The number of rotatable bonds is 5. The Morgan fingerprint density at radius 3 is 1.93 bits per heavy atom. The van der Waals surface area contributed by atoms with Gasteiger partial charge in [-0.3, -0.25) is 9.59 Å². The van der Waals surface area contributed by atoms with Crippen LogP contribution in [0.25, 0.3) is 0 Å². The summed E-state index contributed by atoms with van der Waals surface area (Å²) < 4.78 is 0. The molecule has 0 aliphatic carbocycles. The van der Waals surface area contributed by atoms with Gasteiger partial charge in [-0.05, 0) is 12.3 Å². The van der Waals surface area contributed by atoms with Crippen LogP contribution in [0.5, 0.6) is 0 Å².